The molecular weight excluding hydrogens is 454 g/mol. The Hall–Kier alpha value is -3.74. The van der Waals surface area contributed by atoms with Crippen LogP contribution in [0.3, 0.4) is 0 Å². The van der Waals surface area contributed by atoms with Gasteiger partial charge in [0.05, 0.1) is 11.4 Å². The minimum absolute atomic E-state index is 0.148. The van der Waals surface area contributed by atoms with Gasteiger partial charge < -0.3 is 25.1 Å². The molecule has 7 nitrogen and oxygen atoms in total. The molecule has 36 heavy (non-hydrogen) atoms. The van der Waals surface area contributed by atoms with Crippen LogP contribution in [0.15, 0.2) is 46.9 Å². The number of nitrogens with one attached hydrogen (secondary N) is 2. The van der Waals surface area contributed by atoms with Crippen molar-refractivity contribution >= 4 is 29.1 Å². The molecule has 1 heterocycles. The van der Waals surface area contributed by atoms with Crippen LogP contribution in [0, 0.1) is 20.8 Å². The van der Waals surface area contributed by atoms with E-state index in [4.69, 9.17) is 4.42 Å². The Morgan fingerprint density at radius 2 is 1.67 bits per heavy atom. The molecule has 1 aliphatic carbocycles. The number of anilines is 3. The number of hydrogen-bond donors (Lipinski definition) is 3. The summed E-state index contributed by atoms with van der Waals surface area (Å²) in [5.41, 5.74) is 4.76. The quantitative estimate of drug-likeness (QED) is 0.322. The number of carbonyl (C=O) groups is 2. The number of benzene rings is 2. The summed E-state index contributed by atoms with van der Waals surface area (Å²) in [6.45, 7) is 8.36. The highest BCUT2D eigenvalue weighted by molar-refractivity contribution is 6.03. The molecule has 0 aliphatic heterocycles. The van der Waals surface area contributed by atoms with Crippen LogP contribution in [0.1, 0.15) is 66.5 Å². The number of aryl methyl sites for hydroxylation is 3. The molecule has 0 atom stereocenters. The topological polar surface area (TPSA) is 94.8 Å². The summed E-state index contributed by atoms with van der Waals surface area (Å²) in [5.74, 6) is -0.136. The van der Waals surface area contributed by atoms with Gasteiger partial charge in [-0.15, -0.1) is 0 Å². The fraction of sp³-hybridized carbons (Fsp3) is 0.379. The molecule has 4 rings (SSSR count). The summed E-state index contributed by atoms with van der Waals surface area (Å²) in [6.07, 6.45) is 5.90. The summed E-state index contributed by atoms with van der Waals surface area (Å²) in [7, 11) is 0. The Morgan fingerprint density at radius 1 is 0.972 bits per heavy atom. The number of carboxylic acids is 1. The molecule has 1 aromatic heterocycles. The van der Waals surface area contributed by atoms with Crippen LogP contribution in [-0.4, -0.2) is 29.7 Å². The second-order valence-electron chi connectivity index (χ2n) is 9.52. The van der Waals surface area contributed by atoms with Crippen molar-refractivity contribution in [1.82, 2.24) is 0 Å². The number of furan rings is 1. The number of aromatic carboxylic acids is 1. The third kappa shape index (κ3) is 5.40. The molecule has 1 fully saturated rings. The predicted octanol–water partition coefficient (Wildman–Crippen LogP) is 7.37. The second-order valence-corrected chi connectivity index (χ2v) is 9.52. The molecule has 2 aromatic carbocycles. The number of hydrogen-bond acceptors (Lipinski definition) is 4. The molecule has 7 heteroatoms. The standard InChI is InChI=1S/C29H35N3O4/c1-5-32(23-9-7-6-8-10-23)25-16-13-21(26-19(3)36-20(4)27(26)28(33)34)17-24(25)31-29(35)30-22-14-11-18(2)12-15-22/h11-17,23H,5-10H2,1-4H3,(H,33,34)(H2,30,31,35). The third-order valence-corrected chi connectivity index (χ3v) is 6.98. The van der Waals surface area contributed by atoms with Gasteiger partial charge in [-0.1, -0.05) is 43.0 Å². The fourth-order valence-electron chi connectivity index (χ4n) is 5.27. The van der Waals surface area contributed by atoms with Gasteiger partial charge in [0.25, 0.3) is 0 Å². The number of rotatable bonds is 7. The van der Waals surface area contributed by atoms with E-state index in [1.54, 1.807) is 13.8 Å². The Balaban J connectivity index is 1.74. The van der Waals surface area contributed by atoms with E-state index < -0.39 is 5.97 Å². The average Bonchev–Trinajstić information content (AvgIpc) is 3.16. The summed E-state index contributed by atoms with van der Waals surface area (Å²) in [6, 6.07) is 13.4. The molecule has 0 saturated heterocycles. The maximum Gasteiger partial charge on any atom is 0.339 e. The number of amides is 2. The SMILES string of the molecule is CCN(c1ccc(-c2c(C)oc(C)c2C(=O)O)cc1NC(=O)Nc1ccc(C)cc1)C1CCCCC1. The van der Waals surface area contributed by atoms with E-state index in [-0.39, 0.29) is 11.6 Å². The largest absolute Gasteiger partial charge is 0.478 e. The van der Waals surface area contributed by atoms with Crippen LogP contribution < -0.4 is 15.5 Å². The van der Waals surface area contributed by atoms with E-state index >= 15 is 0 Å². The first-order valence-corrected chi connectivity index (χ1v) is 12.7. The summed E-state index contributed by atoms with van der Waals surface area (Å²) >= 11 is 0. The minimum Gasteiger partial charge on any atom is -0.478 e. The van der Waals surface area contributed by atoms with Gasteiger partial charge >= 0.3 is 12.0 Å². The van der Waals surface area contributed by atoms with E-state index in [1.807, 2.05) is 49.4 Å². The Kier molecular flexibility index (Phi) is 7.67. The Morgan fingerprint density at radius 3 is 2.31 bits per heavy atom. The number of carboxylic acid groups (broad SMARTS) is 1. The van der Waals surface area contributed by atoms with Gasteiger partial charge in [0.1, 0.15) is 17.1 Å². The van der Waals surface area contributed by atoms with Gasteiger partial charge in [-0.25, -0.2) is 9.59 Å². The molecular formula is C29H35N3O4. The zero-order valence-electron chi connectivity index (χ0n) is 21.5. The van der Waals surface area contributed by atoms with Crippen molar-refractivity contribution < 1.29 is 19.1 Å². The molecule has 3 N–H and O–H groups in total. The van der Waals surface area contributed by atoms with Crippen molar-refractivity contribution in [3.8, 4) is 11.1 Å². The molecule has 1 saturated carbocycles. The highest BCUT2D eigenvalue weighted by Crippen LogP contribution is 2.39. The van der Waals surface area contributed by atoms with Crippen LogP contribution in [0.2, 0.25) is 0 Å². The van der Waals surface area contributed by atoms with Crippen LogP contribution in [0.4, 0.5) is 21.9 Å². The Labute approximate surface area is 212 Å². The van der Waals surface area contributed by atoms with Gasteiger partial charge in [0, 0.05) is 23.8 Å². The summed E-state index contributed by atoms with van der Waals surface area (Å²) < 4.78 is 5.67. The smallest absolute Gasteiger partial charge is 0.339 e. The number of carbonyl (C=O) groups excluding carboxylic acids is 1. The lowest BCUT2D eigenvalue weighted by Crippen LogP contribution is -2.37. The summed E-state index contributed by atoms with van der Waals surface area (Å²) in [4.78, 5) is 27.4. The van der Waals surface area contributed by atoms with Gasteiger partial charge in [0.2, 0.25) is 0 Å². The number of urea groups is 1. The molecule has 0 unspecified atom stereocenters. The predicted molar refractivity (Wildman–Crippen MR) is 144 cm³/mol. The third-order valence-electron chi connectivity index (χ3n) is 6.98. The van der Waals surface area contributed by atoms with Crippen molar-refractivity contribution in [2.45, 2.75) is 65.8 Å². The lowest BCUT2D eigenvalue weighted by atomic mass is 9.93. The monoisotopic (exact) mass is 489 g/mol. The zero-order chi connectivity index (χ0) is 25.8. The maximum absolute atomic E-state index is 13.0. The average molecular weight is 490 g/mol. The van der Waals surface area contributed by atoms with E-state index in [2.05, 4.69) is 22.5 Å². The highest BCUT2D eigenvalue weighted by atomic mass is 16.4. The zero-order valence-corrected chi connectivity index (χ0v) is 21.5. The Bertz CT molecular complexity index is 1240. The normalized spacial score (nSPS) is 13.9. The molecule has 190 valence electrons. The van der Waals surface area contributed by atoms with Gasteiger partial charge in [-0.3, -0.25) is 0 Å². The first kappa shape index (κ1) is 25.4. The van der Waals surface area contributed by atoms with E-state index in [9.17, 15) is 14.7 Å². The molecule has 2 amide bonds. The van der Waals surface area contributed by atoms with Gasteiger partial charge in [-0.05, 0) is 70.4 Å². The van der Waals surface area contributed by atoms with Crippen molar-refractivity contribution in [3.05, 3.63) is 65.1 Å². The molecule has 0 bridgehead atoms. The second kappa shape index (κ2) is 10.9. The summed E-state index contributed by atoms with van der Waals surface area (Å²) in [5, 5.41) is 15.8. The number of nitrogens with zero attached hydrogens (tertiary/aromatic N) is 1. The minimum atomic E-state index is -1.03. The lowest BCUT2D eigenvalue weighted by Gasteiger charge is -2.36. The van der Waals surface area contributed by atoms with Crippen LogP contribution >= 0.6 is 0 Å². The van der Waals surface area contributed by atoms with Crippen molar-refractivity contribution in [1.29, 1.82) is 0 Å². The van der Waals surface area contributed by atoms with Crippen LogP contribution in [0.25, 0.3) is 11.1 Å². The maximum atomic E-state index is 13.0. The van der Waals surface area contributed by atoms with Crippen molar-refractivity contribution in [2.24, 2.45) is 0 Å². The van der Waals surface area contributed by atoms with E-state index in [0.29, 0.717) is 40.1 Å². The van der Waals surface area contributed by atoms with Crippen molar-refractivity contribution in [2.75, 3.05) is 22.1 Å². The van der Waals surface area contributed by atoms with Crippen molar-refractivity contribution in [3.63, 3.8) is 0 Å². The van der Waals surface area contributed by atoms with E-state index in [1.165, 1.54) is 19.3 Å². The van der Waals surface area contributed by atoms with Gasteiger partial charge in [0.15, 0.2) is 0 Å². The highest BCUT2D eigenvalue weighted by Gasteiger charge is 2.26. The lowest BCUT2D eigenvalue weighted by molar-refractivity contribution is 0.0695. The molecule has 0 spiro atoms. The van der Waals surface area contributed by atoms with Gasteiger partial charge in [-0.2, -0.15) is 0 Å². The molecule has 3 aromatic rings. The fourth-order valence-corrected chi connectivity index (χ4v) is 5.27. The van der Waals surface area contributed by atoms with Crippen LogP contribution in [0.5, 0.6) is 0 Å². The molecule has 0 radical (unpaired) electrons. The molecule has 1 aliphatic rings. The van der Waals surface area contributed by atoms with Crippen LogP contribution in [-0.2, 0) is 0 Å². The van der Waals surface area contributed by atoms with E-state index in [0.717, 1.165) is 30.6 Å². The first-order valence-electron chi connectivity index (χ1n) is 12.7. The first-order chi connectivity index (χ1) is 17.3.